The van der Waals surface area contributed by atoms with Crippen LogP contribution in [0.1, 0.15) is 15.9 Å². The van der Waals surface area contributed by atoms with Gasteiger partial charge in [0.25, 0.3) is 5.91 Å². The van der Waals surface area contributed by atoms with Crippen LogP contribution in [0.25, 0.3) is 22.3 Å². The highest BCUT2D eigenvalue weighted by Gasteiger charge is 2.31. The summed E-state index contributed by atoms with van der Waals surface area (Å²) in [5, 5.41) is 5.79. The zero-order valence-corrected chi connectivity index (χ0v) is 19.4. The number of anilines is 3. The van der Waals surface area contributed by atoms with E-state index in [1.165, 1.54) is 12.1 Å². The van der Waals surface area contributed by atoms with Gasteiger partial charge in [0.1, 0.15) is 5.75 Å². The van der Waals surface area contributed by atoms with Gasteiger partial charge in [0.05, 0.1) is 16.7 Å². The van der Waals surface area contributed by atoms with Gasteiger partial charge < -0.3 is 20.4 Å². The third-order valence-electron chi connectivity index (χ3n) is 5.52. The number of nitrogens with zero attached hydrogens (tertiary/aromatic N) is 2. The van der Waals surface area contributed by atoms with E-state index < -0.39 is 18.0 Å². The van der Waals surface area contributed by atoms with Crippen LogP contribution in [-0.4, -0.2) is 27.2 Å². The van der Waals surface area contributed by atoms with Crippen molar-refractivity contribution in [3.8, 4) is 17.0 Å². The van der Waals surface area contributed by atoms with Crippen molar-refractivity contribution in [3.05, 3.63) is 96.2 Å². The first-order chi connectivity index (χ1) is 17.7. The molecule has 0 unspecified atom stereocenters. The third kappa shape index (κ3) is 5.53. The first-order valence-corrected chi connectivity index (χ1v) is 11.2. The molecule has 0 aliphatic heterocycles. The summed E-state index contributed by atoms with van der Waals surface area (Å²) in [5.41, 5.74) is 5.08. The number of alkyl halides is 3. The number of halogens is 3. The number of nitrogens with one attached hydrogen (secondary N) is 3. The van der Waals surface area contributed by atoms with E-state index in [2.05, 4.69) is 25.3 Å². The van der Waals surface area contributed by atoms with E-state index in [9.17, 15) is 18.0 Å². The molecular weight excluding hydrogens is 483 g/mol. The molecule has 0 spiro atoms. The van der Waals surface area contributed by atoms with Crippen molar-refractivity contribution in [1.82, 2.24) is 15.0 Å². The molecule has 2 heterocycles. The molecule has 10 heteroatoms. The number of carbonyl (C=O) groups is 1. The normalized spacial score (nSPS) is 11.4. The van der Waals surface area contributed by atoms with Gasteiger partial charge in [-0.2, -0.15) is 0 Å². The molecule has 3 N–H and O–H groups in total. The van der Waals surface area contributed by atoms with Crippen LogP contribution in [0, 0.1) is 6.92 Å². The number of amides is 1. The summed E-state index contributed by atoms with van der Waals surface area (Å²) in [4.78, 5) is 25.3. The molecule has 2 aromatic heterocycles. The lowest BCUT2D eigenvalue weighted by atomic mass is 10.1. The Balaban J connectivity index is 1.40. The number of aromatic amines is 1. The number of fused-ring (bicyclic) bond motifs is 1. The van der Waals surface area contributed by atoms with Gasteiger partial charge in [0.15, 0.2) is 0 Å². The van der Waals surface area contributed by atoms with E-state index >= 15 is 0 Å². The fourth-order valence-corrected chi connectivity index (χ4v) is 3.80. The van der Waals surface area contributed by atoms with E-state index in [4.69, 9.17) is 4.98 Å². The molecule has 186 valence electrons. The van der Waals surface area contributed by atoms with Gasteiger partial charge >= 0.3 is 6.36 Å². The minimum atomic E-state index is -4.83. The average Bonchev–Trinajstić information content (AvgIpc) is 3.33. The zero-order chi connectivity index (χ0) is 26.0. The lowest BCUT2D eigenvalue weighted by Crippen LogP contribution is -2.17. The number of ether oxygens (including phenoxy) is 1. The van der Waals surface area contributed by atoms with Crippen LogP contribution in [0.5, 0.6) is 5.75 Å². The summed E-state index contributed by atoms with van der Waals surface area (Å²) < 4.78 is 41.5. The van der Waals surface area contributed by atoms with Crippen LogP contribution >= 0.6 is 0 Å². The van der Waals surface area contributed by atoms with Gasteiger partial charge in [-0.3, -0.25) is 4.79 Å². The number of aromatic nitrogens is 3. The summed E-state index contributed by atoms with van der Waals surface area (Å²) in [6.45, 7) is 1.87. The molecule has 37 heavy (non-hydrogen) atoms. The molecule has 3 aromatic carbocycles. The molecule has 1 amide bonds. The van der Waals surface area contributed by atoms with E-state index in [0.29, 0.717) is 17.2 Å². The molecule has 0 radical (unpaired) electrons. The quantitative estimate of drug-likeness (QED) is 0.236. The SMILES string of the molecule is Cc1ccc(C(=O)Nc2cccc(OC(F)(F)F)c2)cc1Nc1nc(-c2ccccc2)c2[nH]ccc2n1. The van der Waals surface area contributed by atoms with Crippen LogP contribution in [0.2, 0.25) is 0 Å². The molecule has 7 nitrogen and oxygen atoms in total. The summed E-state index contributed by atoms with van der Waals surface area (Å²) in [7, 11) is 0. The standard InChI is InChI=1S/C27H20F3N5O2/c1-16-10-11-18(25(36)32-19-8-5-9-20(15-19)37-27(28,29)30)14-22(16)34-26-33-21-12-13-31-24(21)23(35-26)17-6-3-2-4-7-17/h2-15,31H,1H3,(H,32,36)(H,33,34,35). The summed E-state index contributed by atoms with van der Waals surface area (Å²) in [6.07, 6.45) is -3.04. The third-order valence-corrected chi connectivity index (χ3v) is 5.52. The molecule has 0 aliphatic carbocycles. The fraction of sp³-hybridized carbons (Fsp3) is 0.0741. The van der Waals surface area contributed by atoms with Gasteiger partial charge in [0.2, 0.25) is 5.95 Å². The van der Waals surface area contributed by atoms with E-state index in [-0.39, 0.29) is 5.69 Å². The molecule has 5 aromatic rings. The number of hydrogen-bond donors (Lipinski definition) is 3. The summed E-state index contributed by atoms with van der Waals surface area (Å²) in [5.74, 6) is -0.578. The molecule has 0 fully saturated rings. The molecule has 0 aliphatic rings. The predicted octanol–water partition coefficient (Wildman–Crippen LogP) is 6.83. The van der Waals surface area contributed by atoms with E-state index in [1.807, 2.05) is 43.3 Å². The predicted molar refractivity (Wildman–Crippen MR) is 135 cm³/mol. The molecule has 0 atom stereocenters. The molecule has 0 saturated heterocycles. The van der Waals surface area contributed by atoms with Gasteiger partial charge in [-0.1, -0.05) is 42.5 Å². The fourth-order valence-electron chi connectivity index (χ4n) is 3.80. The number of carbonyl (C=O) groups excluding carboxylic acids is 1. The maximum Gasteiger partial charge on any atom is 0.573 e. The van der Waals surface area contributed by atoms with E-state index in [1.54, 1.807) is 24.4 Å². The Morgan fingerprint density at radius 1 is 0.946 bits per heavy atom. The van der Waals surface area contributed by atoms with Crippen molar-refractivity contribution in [2.45, 2.75) is 13.3 Å². The average molecular weight is 503 g/mol. The second-order valence-electron chi connectivity index (χ2n) is 8.18. The highest BCUT2D eigenvalue weighted by molar-refractivity contribution is 6.05. The number of benzene rings is 3. The maximum absolute atomic E-state index is 12.9. The highest BCUT2D eigenvalue weighted by atomic mass is 19.4. The topological polar surface area (TPSA) is 91.9 Å². The van der Waals surface area contributed by atoms with Crippen LogP contribution in [0.3, 0.4) is 0 Å². The summed E-state index contributed by atoms with van der Waals surface area (Å²) >= 11 is 0. The summed E-state index contributed by atoms with van der Waals surface area (Å²) in [6, 6.07) is 21.6. The Morgan fingerprint density at radius 2 is 1.76 bits per heavy atom. The molecule has 0 saturated carbocycles. The van der Waals surface area contributed by atoms with Crippen LogP contribution in [0.15, 0.2) is 85.1 Å². The monoisotopic (exact) mass is 503 g/mol. The lowest BCUT2D eigenvalue weighted by Gasteiger charge is -2.13. The van der Waals surface area contributed by atoms with Crippen molar-refractivity contribution in [2.24, 2.45) is 0 Å². The zero-order valence-electron chi connectivity index (χ0n) is 19.4. The van der Waals surface area contributed by atoms with Crippen molar-refractivity contribution >= 4 is 34.3 Å². The number of H-pyrrole nitrogens is 1. The van der Waals surface area contributed by atoms with Crippen LogP contribution in [-0.2, 0) is 0 Å². The Morgan fingerprint density at radius 3 is 2.54 bits per heavy atom. The van der Waals surface area contributed by atoms with Crippen molar-refractivity contribution in [2.75, 3.05) is 10.6 Å². The minimum Gasteiger partial charge on any atom is -0.406 e. The lowest BCUT2D eigenvalue weighted by molar-refractivity contribution is -0.274. The maximum atomic E-state index is 12.9. The van der Waals surface area contributed by atoms with Crippen molar-refractivity contribution < 1.29 is 22.7 Å². The Kier molecular flexibility index (Phi) is 6.22. The Labute approximate surface area is 209 Å². The van der Waals surface area contributed by atoms with E-state index in [0.717, 1.165) is 40.0 Å². The number of rotatable bonds is 6. The van der Waals surface area contributed by atoms with Crippen molar-refractivity contribution in [1.29, 1.82) is 0 Å². The largest absolute Gasteiger partial charge is 0.573 e. The first kappa shape index (κ1) is 23.9. The second kappa shape index (κ2) is 9.65. The second-order valence-corrected chi connectivity index (χ2v) is 8.18. The first-order valence-electron chi connectivity index (χ1n) is 11.2. The Bertz CT molecular complexity index is 1580. The highest BCUT2D eigenvalue weighted by Crippen LogP contribution is 2.29. The van der Waals surface area contributed by atoms with Gasteiger partial charge in [-0.05, 0) is 42.8 Å². The van der Waals surface area contributed by atoms with Crippen LogP contribution in [0.4, 0.5) is 30.5 Å². The molecular formula is C27H20F3N5O2. The molecule has 0 bridgehead atoms. The number of aryl methyl sites for hydroxylation is 1. The Hall–Kier alpha value is -4.86. The van der Waals surface area contributed by atoms with Crippen molar-refractivity contribution in [3.63, 3.8) is 0 Å². The van der Waals surface area contributed by atoms with Gasteiger partial charge in [-0.25, -0.2) is 9.97 Å². The number of hydrogen-bond acceptors (Lipinski definition) is 5. The molecule has 5 rings (SSSR count). The smallest absolute Gasteiger partial charge is 0.406 e. The van der Waals surface area contributed by atoms with Crippen LogP contribution < -0.4 is 15.4 Å². The van der Waals surface area contributed by atoms with Gasteiger partial charge in [0, 0.05) is 34.8 Å². The van der Waals surface area contributed by atoms with Gasteiger partial charge in [-0.15, -0.1) is 13.2 Å². The minimum absolute atomic E-state index is 0.163.